The summed E-state index contributed by atoms with van der Waals surface area (Å²) in [4.78, 5) is 26.9. The molecule has 4 rings (SSSR count). The average molecular weight is 647 g/mol. The highest BCUT2D eigenvalue weighted by atomic mass is 28.4. The Bertz CT molecular complexity index is 1350. The fourth-order valence-electron chi connectivity index (χ4n) is 6.25. The van der Waals surface area contributed by atoms with E-state index in [2.05, 4.69) is 33.9 Å². The van der Waals surface area contributed by atoms with Crippen molar-refractivity contribution in [3.63, 3.8) is 0 Å². The predicted molar refractivity (Wildman–Crippen MR) is 171 cm³/mol. The molecule has 1 aromatic heterocycles. The first-order valence-corrected chi connectivity index (χ1v) is 18.5. The Morgan fingerprint density at radius 1 is 1.07 bits per heavy atom. The van der Waals surface area contributed by atoms with E-state index < -0.39 is 37.0 Å². The van der Waals surface area contributed by atoms with Crippen molar-refractivity contribution in [2.75, 3.05) is 34.2 Å². The molecule has 10 nitrogen and oxygen atoms in total. The summed E-state index contributed by atoms with van der Waals surface area (Å²) in [6.45, 7) is 15.1. The van der Waals surface area contributed by atoms with Gasteiger partial charge in [0.05, 0.1) is 38.6 Å². The van der Waals surface area contributed by atoms with E-state index in [1.54, 1.807) is 25.3 Å². The molecule has 2 bridgehead atoms. The SMILES string of the molecule is COCCOCO[C@@]1(CC(=O)c2ccccc2)[C@@H](O[Si](C)(C)C(C)(C)C)C[C@H]2C[C@]1(Cc1cc(OC)cc(=O)o1)OC(C)(C)O2. The van der Waals surface area contributed by atoms with Gasteiger partial charge in [-0.2, -0.15) is 0 Å². The first-order valence-electron chi connectivity index (χ1n) is 15.6. The summed E-state index contributed by atoms with van der Waals surface area (Å²) in [6.07, 6.45) is -0.0257. The van der Waals surface area contributed by atoms with Gasteiger partial charge in [0.25, 0.3) is 0 Å². The molecule has 11 heteroatoms. The van der Waals surface area contributed by atoms with Gasteiger partial charge in [-0.15, -0.1) is 0 Å². The third kappa shape index (κ3) is 7.95. The van der Waals surface area contributed by atoms with Crippen molar-refractivity contribution in [1.82, 2.24) is 0 Å². The summed E-state index contributed by atoms with van der Waals surface area (Å²) < 4.78 is 49.7. The zero-order valence-corrected chi connectivity index (χ0v) is 29.2. The molecule has 1 aromatic carbocycles. The maximum absolute atomic E-state index is 14.3. The van der Waals surface area contributed by atoms with Crippen molar-refractivity contribution in [3.05, 3.63) is 64.2 Å². The van der Waals surface area contributed by atoms with Crippen LogP contribution in [0.3, 0.4) is 0 Å². The van der Waals surface area contributed by atoms with Crippen molar-refractivity contribution in [1.29, 1.82) is 0 Å². The zero-order valence-electron chi connectivity index (χ0n) is 28.2. The van der Waals surface area contributed by atoms with Gasteiger partial charge in [-0.3, -0.25) is 4.79 Å². The molecule has 45 heavy (non-hydrogen) atoms. The topological polar surface area (TPSA) is 112 Å². The molecule has 2 fully saturated rings. The lowest BCUT2D eigenvalue weighted by atomic mass is 9.63. The number of carbonyl (C=O) groups is 1. The summed E-state index contributed by atoms with van der Waals surface area (Å²) in [6, 6.07) is 12.1. The third-order valence-corrected chi connectivity index (χ3v) is 13.8. The van der Waals surface area contributed by atoms with E-state index in [1.807, 2.05) is 32.0 Å². The highest BCUT2D eigenvalue weighted by Gasteiger charge is 2.68. The summed E-state index contributed by atoms with van der Waals surface area (Å²) in [5, 5.41) is -0.141. The molecule has 0 spiro atoms. The van der Waals surface area contributed by atoms with Gasteiger partial charge in [0.15, 0.2) is 19.9 Å². The van der Waals surface area contributed by atoms with E-state index in [9.17, 15) is 9.59 Å². The van der Waals surface area contributed by atoms with Gasteiger partial charge < -0.3 is 37.3 Å². The van der Waals surface area contributed by atoms with Crippen LogP contribution in [0.4, 0.5) is 0 Å². The van der Waals surface area contributed by atoms with Gasteiger partial charge in [0.2, 0.25) is 0 Å². The monoisotopic (exact) mass is 646 g/mol. The van der Waals surface area contributed by atoms with Crippen LogP contribution in [0.15, 0.2) is 51.7 Å². The number of hydrogen-bond donors (Lipinski definition) is 0. The molecule has 2 heterocycles. The van der Waals surface area contributed by atoms with E-state index in [1.165, 1.54) is 13.2 Å². The smallest absolute Gasteiger partial charge is 0.339 e. The highest BCUT2D eigenvalue weighted by molar-refractivity contribution is 6.74. The Morgan fingerprint density at radius 3 is 2.42 bits per heavy atom. The average Bonchev–Trinajstić information content (AvgIpc) is 2.94. The van der Waals surface area contributed by atoms with Gasteiger partial charge in [-0.25, -0.2) is 4.79 Å². The summed E-state index contributed by atoms with van der Waals surface area (Å²) in [5.74, 6) is -0.482. The number of methoxy groups -OCH3 is 2. The maximum atomic E-state index is 14.3. The molecule has 1 aliphatic carbocycles. The fraction of sp³-hybridized carbons (Fsp3) is 0.647. The van der Waals surface area contributed by atoms with Crippen LogP contribution in [-0.2, 0) is 34.5 Å². The number of rotatable bonds is 14. The van der Waals surface area contributed by atoms with E-state index in [0.29, 0.717) is 43.1 Å². The first-order chi connectivity index (χ1) is 21.1. The largest absolute Gasteiger partial charge is 0.496 e. The van der Waals surface area contributed by atoms with Crippen LogP contribution in [-0.4, -0.2) is 77.5 Å². The Morgan fingerprint density at radius 2 is 1.78 bits per heavy atom. The van der Waals surface area contributed by atoms with E-state index in [4.69, 9.17) is 37.3 Å². The van der Waals surface area contributed by atoms with Crippen LogP contribution < -0.4 is 10.4 Å². The van der Waals surface area contributed by atoms with Gasteiger partial charge in [-0.05, 0) is 32.0 Å². The minimum Gasteiger partial charge on any atom is -0.496 e. The minimum atomic E-state index is -2.46. The Kier molecular flexibility index (Phi) is 10.9. The van der Waals surface area contributed by atoms with Crippen molar-refractivity contribution >= 4 is 14.1 Å². The number of carbonyl (C=O) groups excluding carboxylic acids is 1. The molecule has 2 aliphatic rings. The van der Waals surface area contributed by atoms with Gasteiger partial charge in [-0.1, -0.05) is 51.1 Å². The standard InChI is InChI=1S/C34H50O10Si/c1-31(2,3)45(8,9)43-29-18-27-21-33(44-32(4,5)42-27,20-26-17-25(38-7)19-30(36)41-26)34(29,40-23-39-16-15-37-6)22-28(35)24-13-11-10-12-14-24/h10-14,17,19,27,29H,15-16,18,20-23H2,1-9H3/t27-,29-,33-,34-/m0/s1. The van der Waals surface area contributed by atoms with Crippen molar-refractivity contribution in [2.45, 2.75) is 108 Å². The quantitative estimate of drug-likeness (QED) is 0.106. The highest BCUT2D eigenvalue weighted by Crippen LogP contribution is 2.55. The second-order valence-corrected chi connectivity index (χ2v) is 18.8. The van der Waals surface area contributed by atoms with Gasteiger partial charge >= 0.3 is 5.63 Å². The minimum absolute atomic E-state index is 0.0685. The summed E-state index contributed by atoms with van der Waals surface area (Å²) >= 11 is 0. The van der Waals surface area contributed by atoms with E-state index in [0.717, 1.165) is 0 Å². The molecule has 4 atom stereocenters. The summed E-state index contributed by atoms with van der Waals surface area (Å²) in [5.41, 5.74) is -2.62. The number of benzene rings is 1. The molecule has 0 unspecified atom stereocenters. The zero-order chi connectivity index (χ0) is 33.1. The number of hydrogen-bond acceptors (Lipinski definition) is 10. The molecule has 1 saturated carbocycles. The summed E-state index contributed by atoms with van der Waals surface area (Å²) in [7, 11) is 0.634. The number of ether oxygens (including phenoxy) is 6. The normalized spacial score (nSPS) is 26.4. The molecule has 2 aromatic rings. The molecular formula is C34H50O10Si. The lowest BCUT2D eigenvalue weighted by Gasteiger charge is -2.63. The van der Waals surface area contributed by atoms with Crippen LogP contribution in [0.5, 0.6) is 5.75 Å². The van der Waals surface area contributed by atoms with Crippen molar-refractivity contribution < 1.29 is 42.1 Å². The molecule has 1 aliphatic heterocycles. The second kappa shape index (κ2) is 13.8. The molecule has 0 amide bonds. The van der Waals surface area contributed by atoms with E-state index >= 15 is 0 Å². The Labute approximate surface area is 267 Å². The first kappa shape index (κ1) is 35.5. The molecule has 0 radical (unpaired) electrons. The van der Waals surface area contributed by atoms with Gasteiger partial charge in [0, 0.05) is 44.4 Å². The molecule has 0 N–H and O–H groups in total. The van der Waals surface area contributed by atoms with E-state index in [-0.39, 0.29) is 36.6 Å². The number of fused-ring (bicyclic) bond motifs is 2. The maximum Gasteiger partial charge on any atom is 0.339 e. The molecular weight excluding hydrogens is 596 g/mol. The lowest BCUT2D eigenvalue weighted by Crippen LogP contribution is -2.76. The van der Waals surface area contributed by atoms with Crippen LogP contribution in [0.2, 0.25) is 18.1 Å². The molecule has 1 saturated heterocycles. The van der Waals surface area contributed by atoms with Crippen LogP contribution in [0.1, 0.15) is 70.0 Å². The predicted octanol–water partition coefficient (Wildman–Crippen LogP) is 5.91. The fourth-order valence-corrected chi connectivity index (χ4v) is 7.60. The van der Waals surface area contributed by atoms with Crippen LogP contribution in [0, 0.1) is 0 Å². The van der Waals surface area contributed by atoms with Crippen LogP contribution >= 0.6 is 0 Å². The van der Waals surface area contributed by atoms with Crippen molar-refractivity contribution in [2.24, 2.45) is 0 Å². The second-order valence-electron chi connectivity index (χ2n) is 14.0. The molecule has 250 valence electrons. The lowest BCUT2D eigenvalue weighted by molar-refractivity contribution is -0.408. The van der Waals surface area contributed by atoms with Crippen LogP contribution in [0.25, 0.3) is 0 Å². The number of Topliss-reactive ketones (excluding diaryl/α,β-unsaturated/α-hetero) is 1. The Balaban J connectivity index is 1.94. The Hall–Kier alpha value is -2.38. The third-order valence-electron chi connectivity index (χ3n) is 9.30. The van der Waals surface area contributed by atoms with Gasteiger partial charge in [0.1, 0.15) is 29.5 Å². The van der Waals surface area contributed by atoms with Crippen molar-refractivity contribution in [3.8, 4) is 5.75 Å². The number of ketones is 1.